The molecule has 2 amide bonds. The number of nitrogens with zero attached hydrogens (tertiary/aromatic N) is 2. The van der Waals surface area contributed by atoms with Crippen LogP contribution in [0.5, 0.6) is 5.75 Å². The molecule has 0 saturated heterocycles. The van der Waals surface area contributed by atoms with Crippen LogP contribution < -0.4 is 15.4 Å². The number of amides is 2. The fourth-order valence-electron chi connectivity index (χ4n) is 2.86. The van der Waals surface area contributed by atoms with Crippen molar-refractivity contribution in [2.24, 2.45) is 0 Å². The van der Waals surface area contributed by atoms with Gasteiger partial charge in [-0.2, -0.15) is 0 Å². The van der Waals surface area contributed by atoms with Crippen LogP contribution >= 0.6 is 11.3 Å². The molecule has 8 heteroatoms. The normalized spacial score (nSPS) is 11.6. The zero-order valence-electron chi connectivity index (χ0n) is 18.1. The van der Waals surface area contributed by atoms with Crippen LogP contribution in [0.3, 0.4) is 0 Å². The smallest absolute Gasteiger partial charge is 0.286 e. The fraction of sp³-hybridized carbons (Fsp3) is 0.304. The van der Waals surface area contributed by atoms with Crippen molar-refractivity contribution in [3.63, 3.8) is 0 Å². The molecule has 162 valence electrons. The average Bonchev–Trinajstić information content (AvgIpc) is 3.21. The van der Waals surface area contributed by atoms with Gasteiger partial charge in [0, 0.05) is 17.3 Å². The lowest BCUT2D eigenvalue weighted by Crippen LogP contribution is -2.31. The number of carbonyl (C=O) groups excluding carboxylic acids is 2. The second-order valence-corrected chi connectivity index (χ2v) is 8.49. The van der Waals surface area contributed by atoms with Crippen molar-refractivity contribution in [3.05, 3.63) is 69.2 Å². The van der Waals surface area contributed by atoms with Crippen LogP contribution in [-0.2, 0) is 6.61 Å². The van der Waals surface area contributed by atoms with Gasteiger partial charge in [-0.1, -0.05) is 24.3 Å². The molecular weight excluding hydrogens is 412 g/mol. The van der Waals surface area contributed by atoms with Gasteiger partial charge in [-0.15, -0.1) is 10.2 Å². The summed E-state index contributed by atoms with van der Waals surface area (Å²) in [5.41, 5.74) is 3.36. The molecule has 1 unspecified atom stereocenters. The van der Waals surface area contributed by atoms with Crippen LogP contribution in [0.15, 0.2) is 42.5 Å². The molecule has 2 N–H and O–H groups in total. The van der Waals surface area contributed by atoms with Gasteiger partial charge in [0.2, 0.25) is 5.01 Å². The van der Waals surface area contributed by atoms with E-state index in [1.807, 2.05) is 39.8 Å². The van der Waals surface area contributed by atoms with Gasteiger partial charge in [0.1, 0.15) is 12.4 Å². The third kappa shape index (κ3) is 6.36. The maximum Gasteiger partial charge on any atom is 0.286 e. The SMILES string of the molecule is CCC(C)NC(=O)c1ccc(NC(=O)c2nnc(COc3cc(C)cc(C)c3)s2)cc1. The minimum absolute atomic E-state index is 0.109. The molecule has 0 radical (unpaired) electrons. The second kappa shape index (κ2) is 10.2. The van der Waals surface area contributed by atoms with E-state index in [9.17, 15) is 9.59 Å². The number of rotatable bonds is 8. The lowest BCUT2D eigenvalue weighted by Gasteiger charge is -2.11. The number of carbonyl (C=O) groups is 2. The molecule has 7 nitrogen and oxygen atoms in total. The maximum atomic E-state index is 12.5. The van der Waals surface area contributed by atoms with E-state index in [-0.39, 0.29) is 29.5 Å². The Labute approximate surface area is 185 Å². The number of aromatic nitrogens is 2. The largest absolute Gasteiger partial charge is 0.486 e. The zero-order valence-corrected chi connectivity index (χ0v) is 18.9. The molecule has 0 bridgehead atoms. The summed E-state index contributed by atoms with van der Waals surface area (Å²) < 4.78 is 5.77. The van der Waals surface area contributed by atoms with Gasteiger partial charge in [-0.05, 0) is 74.7 Å². The maximum absolute atomic E-state index is 12.5. The number of benzene rings is 2. The third-order valence-corrected chi connectivity index (χ3v) is 5.51. The predicted octanol–water partition coefficient (Wildman–Crippen LogP) is 4.51. The van der Waals surface area contributed by atoms with Crippen LogP contribution in [0, 0.1) is 13.8 Å². The molecule has 0 aliphatic carbocycles. The van der Waals surface area contributed by atoms with Gasteiger partial charge in [0.15, 0.2) is 5.01 Å². The minimum Gasteiger partial charge on any atom is -0.486 e. The van der Waals surface area contributed by atoms with Crippen LogP contribution in [0.4, 0.5) is 5.69 Å². The molecule has 2 aromatic carbocycles. The Bertz CT molecular complexity index is 1040. The molecule has 0 saturated carbocycles. The topological polar surface area (TPSA) is 93.2 Å². The van der Waals surface area contributed by atoms with Crippen molar-refractivity contribution >= 4 is 28.8 Å². The molecule has 1 aromatic heterocycles. The highest BCUT2D eigenvalue weighted by atomic mass is 32.1. The van der Waals surface area contributed by atoms with E-state index in [0.717, 1.165) is 23.3 Å². The van der Waals surface area contributed by atoms with Crippen LogP contribution in [0.25, 0.3) is 0 Å². The van der Waals surface area contributed by atoms with Gasteiger partial charge in [0.05, 0.1) is 0 Å². The van der Waals surface area contributed by atoms with E-state index < -0.39 is 0 Å². The Balaban J connectivity index is 1.56. The highest BCUT2D eigenvalue weighted by Crippen LogP contribution is 2.19. The van der Waals surface area contributed by atoms with Gasteiger partial charge >= 0.3 is 0 Å². The second-order valence-electron chi connectivity index (χ2n) is 7.43. The Morgan fingerprint density at radius 1 is 1.03 bits per heavy atom. The third-order valence-electron chi connectivity index (χ3n) is 4.61. The number of aryl methyl sites for hydroxylation is 2. The van der Waals surface area contributed by atoms with Crippen LogP contribution in [0.1, 0.15) is 56.6 Å². The standard InChI is InChI=1S/C23H26N4O3S/c1-5-16(4)24-21(28)17-6-8-18(9-7-17)25-22(29)23-27-26-20(31-23)13-30-19-11-14(2)10-15(3)12-19/h6-12,16H,5,13H2,1-4H3,(H,24,28)(H,25,29). The minimum atomic E-state index is -0.355. The van der Waals surface area contributed by atoms with Crippen molar-refractivity contribution in [3.8, 4) is 5.75 Å². The van der Waals surface area contributed by atoms with Gasteiger partial charge < -0.3 is 15.4 Å². The summed E-state index contributed by atoms with van der Waals surface area (Å²) in [7, 11) is 0. The Morgan fingerprint density at radius 2 is 1.71 bits per heavy atom. The van der Waals surface area contributed by atoms with E-state index >= 15 is 0 Å². The van der Waals surface area contributed by atoms with Gasteiger partial charge in [-0.3, -0.25) is 9.59 Å². The first-order chi connectivity index (χ1) is 14.8. The zero-order chi connectivity index (χ0) is 22.4. The molecule has 1 heterocycles. The molecule has 0 fully saturated rings. The Morgan fingerprint density at radius 3 is 2.35 bits per heavy atom. The summed E-state index contributed by atoms with van der Waals surface area (Å²) in [6.07, 6.45) is 0.861. The van der Waals surface area contributed by atoms with E-state index in [2.05, 4.69) is 26.9 Å². The van der Waals surface area contributed by atoms with Crippen molar-refractivity contribution in [2.45, 2.75) is 46.8 Å². The molecule has 31 heavy (non-hydrogen) atoms. The highest BCUT2D eigenvalue weighted by Gasteiger charge is 2.14. The molecular formula is C23H26N4O3S. The molecule has 1 atom stereocenters. The molecule has 3 aromatic rings. The summed E-state index contributed by atoms with van der Waals surface area (Å²) >= 11 is 1.18. The molecule has 3 rings (SSSR count). The quantitative estimate of drug-likeness (QED) is 0.540. The highest BCUT2D eigenvalue weighted by molar-refractivity contribution is 7.13. The number of anilines is 1. The first-order valence-corrected chi connectivity index (χ1v) is 10.9. The summed E-state index contributed by atoms with van der Waals surface area (Å²) in [5, 5.41) is 14.5. The average molecular weight is 439 g/mol. The first-order valence-electron chi connectivity index (χ1n) is 10.1. The summed E-state index contributed by atoms with van der Waals surface area (Å²) in [5.74, 6) is 0.271. The predicted molar refractivity (Wildman–Crippen MR) is 122 cm³/mol. The number of hydrogen-bond donors (Lipinski definition) is 2. The first kappa shape index (κ1) is 22.4. The fourth-order valence-corrected chi connectivity index (χ4v) is 3.51. The van der Waals surface area contributed by atoms with E-state index in [0.29, 0.717) is 16.3 Å². The van der Waals surface area contributed by atoms with E-state index in [1.54, 1.807) is 24.3 Å². The number of hydrogen-bond acceptors (Lipinski definition) is 6. The van der Waals surface area contributed by atoms with Gasteiger partial charge in [0.25, 0.3) is 11.8 Å². The molecule has 0 aliphatic heterocycles. The summed E-state index contributed by atoms with van der Waals surface area (Å²) in [6, 6.07) is 12.8. The van der Waals surface area contributed by atoms with Crippen molar-refractivity contribution in [1.29, 1.82) is 0 Å². The van der Waals surface area contributed by atoms with E-state index in [4.69, 9.17) is 4.74 Å². The molecule has 0 aliphatic rings. The van der Waals surface area contributed by atoms with Gasteiger partial charge in [-0.25, -0.2) is 0 Å². The lowest BCUT2D eigenvalue weighted by atomic mass is 10.1. The van der Waals surface area contributed by atoms with Crippen molar-refractivity contribution < 1.29 is 14.3 Å². The number of ether oxygens (including phenoxy) is 1. The summed E-state index contributed by atoms with van der Waals surface area (Å²) in [6.45, 7) is 8.23. The molecule has 0 spiro atoms. The number of nitrogens with one attached hydrogen (secondary N) is 2. The Kier molecular flexibility index (Phi) is 7.36. The van der Waals surface area contributed by atoms with E-state index in [1.165, 1.54) is 11.3 Å². The lowest BCUT2D eigenvalue weighted by molar-refractivity contribution is 0.0938. The monoisotopic (exact) mass is 438 g/mol. The Hall–Kier alpha value is -3.26. The van der Waals surface area contributed by atoms with Crippen molar-refractivity contribution in [2.75, 3.05) is 5.32 Å². The van der Waals surface area contributed by atoms with Crippen LogP contribution in [-0.4, -0.2) is 28.1 Å². The van der Waals surface area contributed by atoms with Crippen LogP contribution in [0.2, 0.25) is 0 Å². The summed E-state index contributed by atoms with van der Waals surface area (Å²) in [4.78, 5) is 24.6. The van der Waals surface area contributed by atoms with Crippen molar-refractivity contribution in [1.82, 2.24) is 15.5 Å².